The van der Waals surface area contributed by atoms with E-state index < -0.39 is 5.41 Å². The monoisotopic (exact) mass is 1000 g/mol. The van der Waals surface area contributed by atoms with Gasteiger partial charge >= 0.3 is 0 Å². The Morgan fingerprint density at radius 3 is 1.54 bits per heavy atom. The topological polar surface area (TPSA) is 51.8 Å². The number of fused-ring (bicyclic) bond motifs is 19. The van der Waals surface area contributed by atoms with Gasteiger partial charge in [0, 0.05) is 67.8 Å². The average Bonchev–Trinajstić information content (AvgIpc) is 4.06. The third kappa shape index (κ3) is 5.85. The largest absolute Gasteiger partial charge is 0.456 e. The Balaban J connectivity index is 0.815. The van der Waals surface area contributed by atoms with Crippen molar-refractivity contribution in [3.63, 3.8) is 0 Å². The third-order valence-electron chi connectivity index (χ3n) is 16.2. The number of hydrogen-bond donors (Lipinski definition) is 0. The minimum atomic E-state index is -0.433. The minimum Gasteiger partial charge on any atom is -0.456 e. The van der Waals surface area contributed by atoms with Gasteiger partial charge in [0.1, 0.15) is 11.2 Å². The van der Waals surface area contributed by atoms with Crippen LogP contribution in [-0.2, 0) is 5.41 Å². The molecule has 0 saturated carbocycles. The van der Waals surface area contributed by atoms with E-state index in [1.54, 1.807) is 22.7 Å². The maximum absolute atomic E-state index is 6.68. The van der Waals surface area contributed by atoms with Crippen LogP contribution in [-0.4, -0.2) is 15.0 Å². The maximum atomic E-state index is 6.68. The highest BCUT2D eigenvalue weighted by Gasteiger charge is 2.52. The number of furan rings is 1. The van der Waals surface area contributed by atoms with Crippen LogP contribution in [0.5, 0.6) is 0 Å². The molecule has 17 rings (SSSR count). The molecule has 352 valence electrons. The van der Waals surface area contributed by atoms with Crippen molar-refractivity contribution < 1.29 is 4.42 Å². The Labute approximate surface area is 444 Å². The lowest BCUT2D eigenvalue weighted by Crippen LogP contribution is -2.26. The van der Waals surface area contributed by atoms with Crippen LogP contribution in [0.1, 0.15) is 22.3 Å². The summed E-state index contributed by atoms with van der Waals surface area (Å²) in [5, 5.41) is 6.83. The van der Waals surface area contributed by atoms with Crippen molar-refractivity contribution in [1.29, 1.82) is 0 Å². The van der Waals surface area contributed by atoms with E-state index in [2.05, 4.69) is 231 Å². The lowest BCUT2D eigenvalue weighted by atomic mass is 9.68. The molecule has 15 aromatic rings. The van der Waals surface area contributed by atoms with Crippen molar-refractivity contribution >= 4 is 85.0 Å². The van der Waals surface area contributed by atoms with E-state index in [-0.39, 0.29) is 0 Å². The second-order valence-electron chi connectivity index (χ2n) is 20.1. The van der Waals surface area contributed by atoms with Crippen LogP contribution in [0.2, 0.25) is 0 Å². The van der Waals surface area contributed by atoms with Crippen molar-refractivity contribution in [2.24, 2.45) is 0 Å². The lowest BCUT2D eigenvalue weighted by Gasteiger charge is -2.32. The van der Waals surface area contributed by atoms with Crippen molar-refractivity contribution in [2.45, 2.75) is 5.41 Å². The predicted molar refractivity (Wildman–Crippen MR) is 316 cm³/mol. The highest BCUT2D eigenvalue weighted by molar-refractivity contribution is 7.26. The maximum Gasteiger partial charge on any atom is 0.164 e. The standard InChI is InChI=1S/C70H39N3OS2/c1-6-23-55-45(14-1)46-15-2-7-24-56(46)70(55)57-25-8-3-16-47(57)50-20-11-19-44(66(50)70)41-32-30-40(31-33-41)42-35-37-58-54(38-42)64-52(21-12-26-59(64)74-58)68-71-67(43-34-36-49-48-17-4-9-27-60(48)76-63(49)39-43)72-69(73-68)53-22-13-29-62-65(53)51-18-5-10-28-61(51)75-62/h1-39H. The first-order valence-corrected chi connectivity index (χ1v) is 27.4. The van der Waals surface area contributed by atoms with Crippen molar-refractivity contribution in [1.82, 2.24) is 15.0 Å². The van der Waals surface area contributed by atoms with Crippen LogP contribution < -0.4 is 0 Å². The summed E-state index contributed by atoms with van der Waals surface area (Å²) >= 11 is 3.60. The van der Waals surface area contributed by atoms with Gasteiger partial charge in [0.05, 0.1) is 5.41 Å². The molecule has 11 aromatic carbocycles. The quantitative estimate of drug-likeness (QED) is 0.172. The Bertz CT molecular complexity index is 4900. The molecule has 6 heteroatoms. The van der Waals surface area contributed by atoms with Crippen LogP contribution in [0.3, 0.4) is 0 Å². The number of rotatable bonds is 5. The minimum absolute atomic E-state index is 0.433. The van der Waals surface area contributed by atoms with Crippen LogP contribution in [0.25, 0.3) is 141 Å². The smallest absolute Gasteiger partial charge is 0.164 e. The van der Waals surface area contributed by atoms with Gasteiger partial charge in [-0.15, -0.1) is 22.7 Å². The third-order valence-corrected chi connectivity index (χ3v) is 18.5. The SMILES string of the molecule is c1ccc2c(c1)-c1ccccc1C21c2ccccc2-c2cccc(-c3ccc(-c4ccc5oc6cccc(-c7nc(-c8ccc9c(c8)sc8ccccc89)nc(-c8cccc9sc%10ccccc%10c89)n7)c6c5c4)cc3)c21. The average molecular weight is 1000 g/mol. The fourth-order valence-electron chi connectivity index (χ4n) is 13.0. The van der Waals surface area contributed by atoms with E-state index >= 15 is 0 Å². The molecule has 4 heterocycles. The lowest BCUT2D eigenvalue weighted by molar-refractivity contribution is 0.669. The van der Waals surface area contributed by atoms with Crippen LogP contribution in [0.4, 0.5) is 0 Å². The first kappa shape index (κ1) is 42.1. The Morgan fingerprint density at radius 1 is 0.289 bits per heavy atom. The van der Waals surface area contributed by atoms with Crippen molar-refractivity contribution in [2.75, 3.05) is 0 Å². The van der Waals surface area contributed by atoms with E-state index in [1.165, 1.54) is 90.6 Å². The van der Waals surface area contributed by atoms with Gasteiger partial charge in [-0.3, -0.25) is 0 Å². The van der Waals surface area contributed by atoms with Gasteiger partial charge in [-0.05, 0) is 109 Å². The van der Waals surface area contributed by atoms with Gasteiger partial charge in [0.2, 0.25) is 0 Å². The summed E-state index contributed by atoms with van der Waals surface area (Å²) in [6, 6.07) is 86.2. The van der Waals surface area contributed by atoms with Gasteiger partial charge in [-0.25, -0.2) is 15.0 Å². The summed E-state index contributed by atoms with van der Waals surface area (Å²) in [5.74, 6) is 1.86. The Hall–Kier alpha value is -9.33. The summed E-state index contributed by atoms with van der Waals surface area (Å²) in [6.45, 7) is 0. The molecule has 0 amide bonds. The molecule has 0 radical (unpaired) electrons. The van der Waals surface area contributed by atoms with E-state index in [1.807, 2.05) is 6.07 Å². The van der Waals surface area contributed by atoms with Crippen molar-refractivity contribution in [3.05, 3.63) is 259 Å². The molecule has 76 heavy (non-hydrogen) atoms. The molecule has 0 atom stereocenters. The van der Waals surface area contributed by atoms with Gasteiger partial charge in [0.25, 0.3) is 0 Å². The van der Waals surface area contributed by atoms with Crippen molar-refractivity contribution in [3.8, 4) is 78.7 Å². The second kappa shape index (κ2) is 15.8. The van der Waals surface area contributed by atoms with E-state index in [0.29, 0.717) is 17.5 Å². The summed E-state index contributed by atoms with van der Waals surface area (Å²) in [5.41, 5.74) is 19.2. The molecule has 0 unspecified atom stereocenters. The molecule has 4 aromatic heterocycles. The first-order valence-electron chi connectivity index (χ1n) is 25.7. The molecule has 0 bridgehead atoms. The molecule has 2 aliphatic rings. The fraction of sp³-hybridized carbons (Fsp3) is 0.0143. The fourth-order valence-corrected chi connectivity index (χ4v) is 15.3. The van der Waals surface area contributed by atoms with E-state index in [4.69, 9.17) is 19.4 Å². The normalized spacial score (nSPS) is 13.1. The molecule has 0 fully saturated rings. The van der Waals surface area contributed by atoms with Gasteiger partial charge in [0.15, 0.2) is 17.5 Å². The summed E-state index contributed by atoms with van der Waals surface area (Å²) in [7, 11) is 0. The molecular formula is C70H39N3OS2. The molecule has 0 N–H and O–H groups in total. The molecule has 1 spiro atoms. The van der Waals surface area contributed by atoms with Gasteiger partial charge in [-0.2, -0.15) is 0 Å². The molecule has 0 saturated heterocycles. The summed E-state index contributed by atoms with van der Waals surface area (Å²) < 4.78 is 11.6. The highest BCUT2D eigenvalue weighted by atomic mass is 32.1. The number of benzene rings is 11. The molecule has 4 nitrogen and oxygen atoms in total. The summed E-state index contributed by atoms with van der Waals surface area (Å²) in [6.07, 6.45) is 0. The predicted octanol–water partition coefficient (Wildman–Crippen LogP) is 19.2. The first-order chi connectivity index (χ1) is 37.7. The summed E-state index contributed by atoms with van der Waals surface area (Å²) in [4.78, 5) is 16.1. The zero-order valence-electron chi connectivity index (χ0n) is 40.6. The Morgan fingerprint density at radius 2 is 0.789 bits per heavy atom. The van der Waals surface area contributed by atoms with E-state index in [0.717, 1.165) is 55.1 Å². The number of hydrogen-bond acceptors (Lipinski definition) is 6. The van der Waals surface area contributed by atoms with Crippen LogP contribution in [0.15, 0.2) is 241 Å². The second-order valence-corrected chi connectivity index (χ2v) is 22.2. The number of thiophene rings is 2. The van der Waals surface area contributed by atoms with E-state index in [9.17, 15) is 0 Å². The molecular weight excluding hydrogens is 963 g/mol. The highest BCUT2D eigenvalue weighted by Crippen LogP contribution is 2.64. The van der Waals surface area contributed by atoms with Crippen LogP contribution in [0, 0.1) is 0 Å². The zero-order chi connectivity index (χ0) is 49.6. The number of nitrogens with zero attached hydrogens (tertiary/aromatic N) is 3. The van der Waals surface area contributed by atoms with Gasteiger partial charge in [-0.1, -0.05) is 194 Å². The van der Waals surface area contributed by atoms with Crippen LogP contribution >= 0.6 is 22.7 Å². The molecule has 0 aliphatic heterocycles. The van der Waals surface area contributed by atoms with Gasteiger partial charge < -0.3 is 4.42 Å². The zero-order valence-corrected chi connectivity index (χ0v) is 42.2. The Kier molecular flexibility index (Phi) is 8.77. The number of aromatic nitrogens is 3. The molecule has 2 aliphatic carbocycles.